The minimum atomic E-state index is -5.08. The molecule has 0 aliphatic rings. The summed E-state index contributed by atoms with van der Waals surface area (Å²) in [5, 5.41) is 25.0. The molecule has 16 heteroatoms. The number of halogens is 3. The number of nitrogens with zero attached hydrogens (tertiary/aromatic N) is 1. The highest BCUT2D eigenvalue weighted by Crippen LogP contribution is 2.24. The molecule has 1 unspecified atom stereocenters. The molecule has 0 saturated carbocycles. The van der Waals surface area contributed by atoms with Gasteiger partial charge in [-0.25, -0.2) is 18.2 Å². The summed E-state index contributed by atoms with van der Waals surface area (Å²) in [7, 11) is -3.41. The average Bonchev–Trinajstić information content (AvgIpc) is 3.01. The summed E-state index contributed by atoms with van der Waals surface area (Å²) >= 11 is 0. The van der Waals surface area contributed by atoms with Crippen molar-refractivity contribution in [2.75, 3.05) is 23.9 Å². The Morgan fingerprint density at radius 1 is 0.872 bits per heavy atom. The molecule has 1 heterocycles. The van der Waals surface area contributed by atoms with Crippen LogP contribution in [0, 0.1) is 0 Å². The summed E-state index contributed by atoms with van der Waals surface area (Å²) in [5.74, 6) is -4.58. The fourth-order valence-corrected chi connectivity index (χ4v) is 4.70. The highest BCUT2D eigenvalue weighted by Gasteiger charge is 2.38. The molecule has 12 nitrogen and oxygen atoms in total. The number of carbonyl (C=O) groups is 4. The van der Waals surface area contributed by atoms with Gasteiger partial charge in [-0.1, -0.05) is 60.7 Å². The molecular formula is C31H35F3N4O8S. The molecule has 1 aromatic heterocycles. The normalized spacial score (nSPS) is 12.4. The number of hydrogen-bond donors (Lipinski definition) is 5. The van der Waals surface area contributed by atoms with Gasteiger partial charge < -0.3 is 26.2 Å². The van der Waals surface area contributed by atoms with Gasteiger partial charge in [-0.3, -0.25) is 14.4 Å². The predicted molar refractivity (Wildman–Crippen MR) is 167 cm³/mol. The van der Waals surface area contributed by atoms with Gasteiger partial charge in [-0.15, -0.1) is 0 Å². The first-order valence-electron chi connectivity index (χ1n) is 14.1. The lowest BCUT2D eigenvalue weighted by atomic mass is 9.98. The molecule has 2 amide bonds. The van der Waals surface area contributed by atoms with Crippen LogP contribution in [0.3, 0.4) is 0 Å². The number of alkyl halides is 3. The largest absolute Gasteiger partial charge is 0.490 e. The van der Waals surface area contributed by atoms with Crippen molar-refractivity contribution in [3.8, 4) is 11.1 Å². The van der Waals surface area contributed by atoms with Crippen molar-refractivity contribution < 1.29 is 51.0 Å². The number of aliphatic carboxylic acids is 2. The van der Waals surface area contributed by atoms with E-state index in [9.17, 15) is 41.1 Å². The van der Waals surface area contributed by atoms with E-state index < -0.39 is 51.9 Å². The third kappa shape index (κ3) is 15.2. The van der Waals surface area contributed by atoms with Crippen molar-refractivity contribution in [1.29, 1.82) is 0 Å². The molecule has 5 N–H and O–H groups in total. The minimum Gasteiger partial charge on any atom is -0.481 e. The summed E-state index contributed by atoms with van der Waals surface area (Å²) in [6, 6.07) is 20.2. The van der Waals surface area contributed by atoms with E-state index in [2.05, 4.69) is 20.9 Å². The zero-order valence-electron chi connectivity index (χ0n) is 25.2. The Morgan fingerprint density at radius 2 is 1.47 bits per heavy atom. The third-order valence-electron chi connectivity index (χ3n) is 6.34. The van der Waals surface area contributed by atoms with Gasteiger partial charge in [0.25, 0.3) is 0 Å². The number of amides is 2. The zero-order valence-corrected chi connectivity index (χ0v) is 26.1. The Morgan fingerprint density at radius 3 is 2.00 bits per heavy atom. The summed E-state index contributed by atoms with van der Waals surface area (Å²) < 4.78 is 55.3. The zero-order chi connectivity index (χ0) is 35.0. The van der Waals surface area contributed by atoms with Crippen molar-refractivity contribution in [3.63, 3.8) is 0 Å². The van der Waals surface area contributed by atoms with Crippen LogP contribution in [0.1, 0.15) is 37.3 Å². The number of pyridine rings is 1. The Hall–Kier alpha value is -4.99. The Labute approximate surface area is 269 Å². The molecule has 0 aliphatic carbocycles. The molecule has 0 spiro atoms. The van der Waals surface area contributed by atoms with Gasteiger partial charge in [0.2, 0.25) is 11.8 Å². The number of carboxylic acid groups (broad SMARTS) is 2. The second kappa shape index (κ2) is 18.2. The van der Waals surface area contributed by atoms with Crippen molar-refractivity contribution in [2.24, 2.45) is 0 Å². The number of carboxylic acids is 2. The van der Waals surface area contributed by atoms with Gasteiger partial charge in [0.1, 0.15) is 21.7 Å². The van der Waals surface area contributed by atoms with Crippen LogP contribution >= 0.6 is 0 Å². The number of sulfone groups is 1. The van der Waals surface area contributed by atoms with Gasteiger partial charge in [0, 0.05) is 25.4 Å². The number of benzene rings is 2. The first-order valence-corrected chi connectivity index (χ1v) is 16.2. The van der Waals surface area contributed by atoms with Crippen molar-refractivity contribution in [2.45, 2.75) is 43.9 Å². The maximum Gasteiger partial charge on any atom is 0.490 e. The van der Waals surface area contributed by atoms with Crippen LogP contribution in [0.5, 0.6) is 0 Å². The molecule has 2 aromatic carbocycles. The van der Waals surface area contributed by atoms with Gasteiger partial charge >= 0.3 is 18.1 Å². The highest BCUT2D eigenvalue weighted by molar-refractivity contribution is 7.90. The SMILES string of the molecule is CS(=O)(=O)CC[C@H](NC(=O)CCCNc1ccccn1)C(=O)NC(CC(=O)O)c1ccc(-c2ccccc2)cc1.O=C(O)C(F)(F)F. The number of nitrogens with one attached hydrogen (secondary N) is 3. The van der Waals surface area contributed by atoms with E-state index in [1.54, 1.807) is 30.5 Å². The van der Waals surface area contributed by atoms with Gasteiger partial charge in [0.15, 0.2) is 0 Å². The highest BCUT2D eigenvalue weighted by atomic mass is 32.2. The molecule has 0 bridgehead atoms. The van der Waals surface area contributed by atoms with E-state index in [0.29, 0.717) is 24.3 Å². The first kappa shape index (κ1) is 38.2. The summed E-state index contributed by atoms with van der Waals surface area (Å²) in [6.45, 7) is 0.476. The molecular weight excluding hydrogens is 645 g/mol. The van der Waals surface area contributed by atoms with Crippen LogP contribution in [-0.4, -0.2) is 78.1 Å². The lowest BCUT2D eigenvalue weighted by molar-refractivity contribution is -0.192. The molecule has 47 heavy (non-hydrogen) atoms. The smallest absolute Gasteiger partial charge is 0.481 e. The second-order valence-electron chi connectivity index (χ2n) is 10.2. The molecule has 3 aromatic rings. The first-order chi connectivity index (χ1) is 22.0. The van der Waals surface area contributed by atoms with E-state index in [1.165, 1.54) is 0 Å². The van der Waals surface area contributed by atoms with E-state index in [4.69, 9.17) is 9.90 Å². The molecule has 0 saturated heterocycles. The van der Waals surface area contributed by atoms with Gasteiger partial charge in [-0.2, -0.15) is 13.2 Å². The maximum absolute atomic E-state index is 13.2. The fraction of sp³-hybridized carbons (Fsp3) is 0.323. The van der Waals surface area contributed by atoms with Crippen LogP contribution < -0.4 is 16.0 Å². The molecule has 254 valence electrons. The van der Waals surface area contributed by atoms with Crippen LogP contribution in [0.4, 0.5) is 19.0 Å². The Kier molecular flexibility index (Phi) is 14.8. The number of aromatic nitrogens is 1. The predicted octanol–water partition coefficient (Wildman–Crippen LogP) is 3.83. The standard InChI is InChI=1S/C29H34N4O6S.C2HF3O2/c1-40(38,39)19-16-24(32-27(34)11-7-18-31-26-10-5-6-17-30-26)29(37)33-25(20-28(35)36)23-14-12-22(13-15-23)21-8-3-2-4-9-21;3-2(4,5)1(6)7/h2-6,8-10,12-15,17,24-25H,7,11,16,18-20H2,1H3,(H,30,31)(H,32,34)(H,33,37)(H,35,36);(H,6,7)/t24-,25?;/m0./s1. The molecule has 0 radical (unpaired) electrons. The lowest BCUT2D eigenvalue weighted by Gasteiger charge is -2.23. The maximum atomic E-state index is 13.2. The molecule has 2 atom stereocenters. The summed E-state index contributed by atoms with van der Waals surface area (Å²) in [6.07, 6.45) is -2.36. The molecule has 0 fully saturated rings. The van der Waals surface area contributed by atoms with Crippen LogP contribution in [0.2, 0.25) is 0 Å². The van der Waals surface area contributed by atoms with Crippen LogP contribution in [-0.2, 0) is 29.0 Å². The van der Waals surface area contributed by atoms with E-state index in [-0.39, 0.29) is 25.0 Å². The monoisotopic (exact) mass is 680 g/mol. The average molecular weight is 681 g/mol. The Balaban J connectivity index is 0.000000984. The summed E-state index contributed by atoms with van der Waals surface area (Å²) in [4.78, 5) is 50.5. The van der Waals surface area contributed by atoms with E-state index in [0.717, 1.165) is 17.4 Å². The topological polar surface area (TPSA) is 192 Å². The lowest BCUT2D eigenvalue weighted by Crippen LogP contribution is -2.48. The Bertz CT molecular complexity index is 1570. The van der Waals surface area contributed by atoms with Crippen molar-refractivity contribution in [3.05, 3.63) is 84.6 Å². The number of rotatable bonds is 15. The number of anilines is 1. The number of hydrogen-bond acceptors (Lipinski definition) is 8. The van der Waals surface area contributed by atoms with E-state index in [1.807, 2.05) is 48.5 Å². The third-order valence-corrected chi connectivity index (χ3v) is 7.32. The fourth-order valence-electron chi connectivity index (χ4n) is 4.04. The van der Waals surface area contributed by atoms with Crippen LogP contribution in [0.25, 0.3) is 11.1 Å². The molecule has 0 aliphatic heterocycles. The van der Waals surface area contributed by atoms with E-state index >= 15 is 0 Å². The molecule has 3 rings (SSSR count). The summed E-state index contributed by atoms with van der Waals surface area (Å²) in [5.41, 5.74) is 2.50. The van der Waals surface area contributed by atoms with Gasteiger partial charge in [-0.05, 0) is 41.7 Å². The second-order valence-corrected chi connectivity index (χ2v) is 12.5. The van der Waals surface area contributed by atoms with Gasteiger partial charge in [0.05, 0.1) is 18.2 Å². The minimum absolute atomic E-state index is 0.0992. The quantitative estimate of drug-likeness (QED) is 0.147. The number of carbonyl (C=O) groups excluding carboxylic acids is 2. The van der Waals surface area contributed by atoms with Crippen molar-refractivity contribution >= 4 is 39.4 Å². The van der Waals surface area contributed by atoms with Crippen molar-refractivity contribution in [1.82, 2.24) is 15.6 Å². The van der Waals surface area contributed by atoms with Crippen LogP contribution in [0.15, 0.2) is 79.0 Å².